The fourth-order valence-electron chi connectivity index (χ4n) is 1.56. The lowest BCUT2D eigenvalue weighted by atomic mass is 10.2. The fraction of sp³-hybridized carbons (Fsp3) is 0.357. The van der Waals surface area contributed by atoms with Gasteiger partial charge in [-0.25, -0.2) is 4.39 Å². The summed E-state index contributed by atoms with van der Waals surface area (Å²) in [6.07, 6.45) is 0.869. The Morgan fingerprint density at radius 2 is 2.19 bits per heavy atom. The minimum atomic E-state index is -0.424. The van der Waals surface area contributed by atoms with E-state index in [0.29, 0.717) is 0 Å². The number of carbonyl (C=O) groups excluding carboxylic acids is 1. The van der Waals surface area contributed by atoms with Crippen LogP contribution in [0.2, 0.25) is 0 Å². The van der Waals surface area contributed by atoms with Crippen molar-refractivity contribution >= 4 is 17.7 Å². The minimum absolute atomic E-state index is 0.0972. The highest BCUT2D eigenvalue weighted by Crippen LogP contribution is 2.24. The summed E-state index contributed by atoms with van der Waals surface area (Å²) in [7, 11) is 0. The molecule has 0 saturated carbocycles. The summed E-state index contributed by atoms with van der Waals surface area (Å²) in [6, 6.07) is 6.30. The van der Waals surface area contributed by atoms with E-state index < -0.39 is 5.82 Å². The molecule has 2 aromatic rings. The second-order valence-electron chi connectivity index (χ2n) is 4.52. The van der Waals surface area contributed by atoms with E-state index in [-0.39, 0.29) is 34.4 Å². The van der Waals surface area contributed by atoms with E-state index in [0.717, 1.165) is 18.2 Å². The van der Waals surface area contributed by atoms with Gasteiger partial charge in [-0.3, -0.25) is 4.79 Å². The summed E-state index contributed by atoms with van der Waals surface area (Å²) >= 11 is 1.13. The van der Waals surface area contributed by atoms with Crippen LogP contribution in [0.4, 0.5) is 4.39 Å². The first-order valence-corrected chi connectivity index (χ1v) is 7.59. The molecule has 0 radical (unpaired) electrons. The van der Waals surface area contributed by atoms with Crippen LogP contribution in [-0.2, 0) is 4.79 Å². The molecule has 1 amide bonds. The predicted molar refractivity (Wildman–Crippen MR) is 78.3 cm³/mol. The largest absolute Gasteiger partial charge is 0.411 e. The summed E-state index contributed by atoms with van der Waals surface area (Å²) in [5.41, 5.74) is 0.251. The van der Waals surface area contributed by atoms with E-state index in [4.69, 9.17) is 4.42 Å². The fourth-order valence-corrected chi connectivity index (χ4v) is 2.13. The van der Waals surface area contributed by atoms with Crippen molar-refractivity contribution in [2.24, 2.45) is 0 Å². The number of benzene rings is 1. The highest BCUT2D eigenvalue weighted by molar-refractivity contribution is 7.99. The Balaban J connectivity index is 1.95. The van der Waals surface area contributed by atoms with Crippen LogP contribution >= 0.6 is 11.8 Å². The normalized spacial score (nSPS) is 12.1. The van der Waals surface area contributed by atoms with Gasteiger partial charge in [0.2, 0.25) is 5.91 Å². The number of halogens is 1. The van der Waals surface area contributed by atoms with Crippen molar-refractivity contribution in [2.75, 3.05) is 5.75 Å². The van der Waals surface area contributed by atoms with Gasteiger partial charge in [0, 0.05) is 6.04 Å². The lowest BCUT2D eigenvalue weighted by Crippen LogP contribution is -2.33. The molecule has 0 aliphatic heterocycles. The number of hydrogen-bond donors (Lipinski definition) is 1. The molecule has 5 nitrogen and oxygen atoms in total. The summed E-state index contributed by atoms with van der Waals surface area (Å²) < 4.78 is 18.9. The third-order valence-electron chi connectivity index (χ3n) is 2.86. The Bertz CT molecular complexity index is 618. The van der Waals surface area contributed by atoms with Crippen molar-refractivity contribution in [2.45, 2.75) is 31.5 Å². The number of nitrogens with one attached hydrogen (secondary N) is 1. The van der Waals surface area contributed by atoms with Crippen molar-refractivity contribution in [1.82, 2.24) is 15.5 Å². The van der Waals surface area contributed by atoms with Gasteiger partial charge in [-0.2, -0.15) is 0 Å². The third-order valence-corrected chi connectivity index (χ3v) is 3.68. The second kappa shape index (κ2) is 7.21. The van der Waals surface area contributed by atoms with E-state index in [1.807, 2.05) is 13.8 Å². The Morgan fingerprint density at radius 1 is 1.43 bits per heavy atom. The van der Waals surface area contributed by atoms with Crippen LogP contribution in [0.5, 0.6) is 0 Å². The first kappa shape index (κ1) is 15.5. The maximum absolute atomic E-state index is 13.6. The molecule has 0 spiro atoms. The molecule has 7 heteroatoms. The Morgan fingerprint density at radius 3 is 2.90 bits per heavy atom. The van der Waals surface area contributed by atoms with Crippen LogP contribution in [0, 0.1) is 5.82 Å². The summed E-state index contributed by atoms with van der Waals surface area (Å²) in [5.74, 6) is -0.228. The molecule has 0 fully saturated rings. The highest BCUT2D eigenvalue weighted by atomic mass is 32.2. The molecular formula is C14H16FN3O2S. The predicted octanol–water partition coefficient (Wildman–Crippen LogP) is 2.88. The van der Waals surface area contributed by atoms with E-state index in [1.54, 1.807) is 18.2 Å². The molecule has 112 valence electrons. The first-order chi connectivity index (χ1) is 10.1. The number of aromatic nitrogens is 2. The van der Waals surface area contributed by atoms with Crippen LogP contribution in [-0.4, -0.2) is 27.9 Å². The zero-order valence-corrected chi connectivity index (χ0v) is 12.6. The maximum Gasteiger partial charge on any atom is 0.277 e. The van der Waals surface area contributed by atoms with E-state index in [2.05, 4.69) is 15.5 Å². The van der Waals surface area contributed by atoms with E-state index >= 15 is 0 Å². The SMILES string of the molecule is CC[C@@H](C)NC(=O)CSc1nnc(-c2ccccc2F)o1. The molecule has 1 heterocycles. The first-order valence-electron chi connectivity index (χ1n) is 6.60. The molecule has 1 atom stereocenters. The van der Waals surface area contributed by atoms with Crippen LogP contribution in [0.1, 0.15) is 20.3 Å². The number of amides is 1. The lowest BCUT2D eigenvalue weighted by molar-refractivity contribution is -0.119. The van der Waals surface area contributed by atoms with Crippen molar-refractivity contribution in [3.63, 3.8) is 0 Å². The van der Waals surface area contributed by atoms with Gasteiger partial charge in [-0.1, -0.05) is 30.8 Å². The smallest absolute Gasteiger partial charge is 0.277 e. The summed E-state index contributed by atoms with van der Waals surface area (Å²) in [5, 5.41) is 10.7. The van der Waals surface area contributed by atoms with Crippen LogP contribution < -0.4 is 5.32 Å². The molecule has 0 aliphatic rings. The molecule has 0 saturated heterocycles. The van der Waals surface area contributed by atoms with Crippen molar-refractivity contribution in [3.05, 3.63) is 30.1 Å². The third kappa shape index (κ3) is 4.29. The monoisotopic (exact) mass is 309 g/mol. The number of carbonyl (C=O) groups is 1. The topological polar surface area (TPSA) is 68.0 Å². The molecule has 1 aromatic heterocycles. The average Bonchev–Trinajstić information content (AvgIpc) is 2.94. The quantitative estimate of drug-likeness (QED) is 0.831. The number of thioether (sulfide) groups is 1. The Kier molecular flexibility index (Phi) is 5.32. The van der Waals surface area contributed by atoms with Gasteiger partial charge in [-0.05, 0) is 25.5 Å². The van der Waals surface area contributed by atoms with E-state index in [9.17, 15) is 9.18 Å². The van der Waals surface area contributed by atoms with Crippen LogP contribution in [0.25, 0.3) is 11.5 Å². The van der Waals surface area contributed by atoms with Crippen molar-refractivity contribution in [1.29, 1.82) is 0 Å². The maximum atomic E-state index is 13.6. The Hall–Kier alpha value is -1.89. The van der Waals surface area contributed by atoms with Gasteiger partial charge in [0.05, 0.1) is 11.3 Å². The molecule has 1 aromatic carbocycles. The summed E-state index contributed by atoms with van der Waals surface area (Å²) in [6.45, 7) is 3.93. The van der Waals surface area contributed by atoms with Crippen LogP contribution in [0.15, 0.2) is 33.9 Å². The van der Waals surface area contributed by atoms with Gasteiger partial charge in [-0.15, -0.1) is 10.2 Å². The standard InChI is InChI=1S/C14H16FN3O2S/c1-3-9(2)16-12(19)8-21-14-18-17-13(20-14)10-6-4-5-7-11(10)15/h4-7,9H,3,8H2,1-2H3,(H,16,19)/t9-/m1/s1. The zero-order valence-electron chi connectivity index (χ0n) is 11.8. The molecule has 1 N–H and O–H groups in total. The second-order valence-corrected chi connectivity index (χ2v) is 5.45. The number of hydrogen-bond acceptors (Lipinski definition) is 5. The number of rotatable bonds is 6. The van der Waals surface area contributed by atoms with Crippen LogP contribution in [0.3, 0.4) is 0 Å². The van der Waals surface area contributed by atoms with Gasteiger partial charge < -0.3 is 9.73 Å². The Labute approximate surface area is 126 Å². The van der Waals surface area contributed by atoms with Crippen molar-refractivity contribution in [3.8, 4) is 11.5 Å². The van der Waals surface area contributed by atoms with Gasteiger partial charge in [0.25, 0.3) is 11.1 Å². The minimum Gasteiger partial charge on any atom is -0.411 e. The molecule has 0 bridgehead atoms. The van der Waals surface area contributed by atoms with Crippen molar-refractivity contribution < 1.29 is 13.6 Å². The molecule has 0 aliphatic carbocycles. The molecule has 0 unspecified atom stereocenters. The lowest BCUT2D eigenvalue weighted by Gasteiger charge is -2.09. The molecule has 21 heavy (non-hydrogen) atoms. The van der Waals surface area contributed by atoms with E-state index in [1.165, 1.54) is 6.07 Å². The zero-order chi connectivity index (χ0) is 15.2. The van der Waals surface area contributed by atoms with Gasteiger partial charge in [0.1, 0.15) is 5.82 Å². The number of nitrogens with zero attached hydrogens (tertiary/aromatic N) is 2. The highest BCUT2D eigenvalue weighted by Gasteiger charge is 2.14. The summed E-state index contributed by atoms with van der Waals surface area (Å²) in [4.78, 5) is 11.6. The molecular weight excluding hydrogens is 293 g/mol. The molecule has 2 rings (SSSR count). The average molecular weight is 309 g/mol. The van der Waals surface area contributed by atoms with Gasteiger partial charge in [0.15, 0.2) is 0 Å². The van der Waals surface area contributed by atoms with Gasteiger partial charge >= 0.3 is 0 Å².